The van der Waals surface area contributed by atoms with E-state index in [1.54, 1.807) is 0 Å². The maximum absolute atomic E-state index is 12.9. The number of piperazine rings is 1. The van der Waals surface area contributed by atoms with Gasteiger partial charge in [0.05, 0.1) is 0 Å². The Morgan fingerprint density at radius 1 is 1.11 bits per heavy atom. The van der Waals surface area contributed by atoms with Gasteiger partial charge in [-0.25, -0.2) is 0 Å². The Morgan fingerprint density at radius 3 is 2.19 bits per heavy atom. The van der Waals surface area contributed by atoms with Crippen LogP contribution in [0.15, 0.2) is 4.99 Å². The molecule has 0 aromatic carbocycles. The molecule has 0 spiro atoms. The molecule has 1 atom stereocenters. The Balaban J connectivity index is 0.00000676. The van der Waals surface area contributed by atoms with Gasteiger partial charge in [0.25, 0.3) is 0 Å². The molecule has 1 heterocycles. The number of rotatable bonds is 8. The van der Waals surface area contributed by atoms with Gasteiger partial charge in [-0.2, -0.15) is 13.2 Å². The molecule has 27 heavy (non-hydrogen) atoms. The first-order valence-corrected chi connectivity index (χ1v) is 9.71. The van der Waals surface area contributed by atoms with Gasteiger partial charge in [-0.1, -0.05) is 0 Å². The van der Waals surface area contributed by atoms with Crippen LogP contribution in [0.2, 0.25) is 0 Å². The Morgan fingerprint density at radius 2 is 1.70 bits per heavy atom. The van der Waals surface area contributed by atoms with Gasteiger partial charge in [0.15, 0.2) is 5.96 Å². The number of halogens is 4. The number of hydrogen-bond donors (Lipinski definition) is 1. The molecule has 1 saturated heterocycles. The normalized spacial score (nSPS) is 18.0. The highest BCUT2D eigenvalue weighted by atomic mass is 127. The van der Waals surface area contributed by atoms with Crippen molar-refractivity contribution in [1.29, 1.82) is 0 Å². The molecule has 5 nitrogen and oxygen atoms in total. The van der Waals surface area contributed by atoms with E-state index < -0.39 is 12.2 Å². The van der Waals surface area contributed by atoms with Crippen LogP contribution < -0.4 is 5.32 Å². The van der Waals surface area contributed by atoms with E-state index in [1.807, 2.05) is 6.92 Å². The summed E-state index contributed by atoms with van der Waals surface area (Å²) in [4.78, 5) is 10.6. The van der Waals surface area contributed by atoms with Gasteiger partial charge in [-0.05, 0) is 54.1 Å². The van der Waals surface area contributed by atoms with Crippen LogP contribution in [0.1, 0.15) is 40.5 Å². The van der Waals surface area contributed by atoms with Crippen molar-refractivity contribution in [3.63, 3.8) is 0 Å². The minimum Gasteiger partial charge on any atom is -0.357 e. The lowest BCUT2D eigenvalue weighted by molar-refractivity contribution is -0.181. The maximum Gasteiger partial charge on any atom is 0.403 e. The predicted octanol–water partition coefficient (Wildman–Crippen LogP) is 3.26. The highest BCUT2D eigenvalue weighted by Crippen LogP contribution is 2.25. The van der Waals surface area contributed by atoms with E-state index in [9.17, 15) is 13.2 Å². The molecule has 1 aliphatic rings. The fourth-order valence-electron chi connectivity index (χ4n) is 2.87. The molecule has 1 unspecified atom stereocenters. The van der Waals surface area contributed by atoms with Crippen molar-refractivity contribution in [3.05, 3.63) is 0 Å². The van der Waals surface area contributed by atoms with E-state index in [0.717, 1.165) is 38.4 Å². The zero-order chi connectivity index (χ0) is 19.7. The van der Waals surface area contributed by atoms with Crippen LogP contribution in [-0.2, 0) is 0 Å². The second-order valence-corrected chi connectivity index (χ2v) is 7.26. The molecule has 0 amide bonds. The Bertz CT molecular complexity index is 424. The molecule has 0 aliphatic carbocycles. The lowest BCUT2D eigenvalue weighted by Crippen LogP contribution is -2.56. The Labute approximate surface area is 179 Å². The van der Waals surface area contributed by atoms with Crippen molar-refractivity contribution in [2.75, 3.05) is 52.9 Å². The van der Waals surface area contributed by atoms with Crippen LogP contribution in [0.4, 0.5) is 13.2 Å². The minimum absolute atomic E-state index is 0. The summed E-state index contributed by atoms with van der Waals surface area (Å²) in [7, 11) is 2.12. The van der Waals surface area contributed by atoms with Gasteiger partial charge in [0.2, 0.25) is 0 Å². The number of hydrogen-bond acceptors (Lipinski definition) is 3. The third-order valence-corrected chi connectivity index (χ3v) is 5.03. The number of aliphatic imine (C=N–C) groups is 1. The van der Waals surface area contributed by atoms with E-state index in [2.05, 4.69) is 41.0 Å². The average molecular weight is 507 g/mol. The van der Waals surface area contributed by atoms with E-state index >= 15 is 0 Å². The summed E-state index contributed by atoms with van der Waals surface area (Å²) in [6, 6.07) is -0.840. The number of guanidine groups is 1. The molecule has 0 radical (unpaired) electrons. The molecule has 1 fully saturated rings. The molecule has 9 heteroatoms. The predicted molar refractivity (Wildman–Crippen MR) is 117 cm³/mol. The molecule has 1 N–H and O–H groups in total. The summed E-state index contributed by atoms with van der Waals surface area (Å²) >= 11 is 0. The first-order valence-electron chi connectivity index (χ1n) is 9.71. The Kier molecular flexibility index (Phi) is 12.9. The van der Waals surface area contributed by atoms with Crippen LogP contribution in [0.25, 0.3) is 0 Å². The lowest BCUT2D eigenvalue weighted by Gasteiger charge is -2.39. The molecule has 0 saturated carbocycles. The van der Waals surface area contributed by atoms with Gasteiger partial charge in [0.1, 0.15) is 6.04 Å². The fourth-order valence-corrected chi connectivity index (χ4v) is 2.87. The second kappa shape index (κ2) is 13.0. The zero-order valence-electron chi connectivity index (χ0n) is 17.3. The number of alkyl halides is 3. The van der Waals surface area contributed by atoms with Crippen molar-refractivity contribution in [2.45, 2.75) is 58.8 Å². The van der Waals surface area contributed by atoms with E-state index in [0.29, 0.717) is 32.2 Å². The fraction of sp³-hybridized carbons (Fsp3) is 0.944. The molecule has 1 aliphatic heterocycles. The molecule has 0 aromatic rings. The van der Waals surface area contributed by atoms with Crippen LogP contribution in [0, 0.1) is 0 Å². The third-order valence-electron chi connectivity index (χ3n) is 5.03. The minimum atomic E-state index is -4.16. The lowest BCUT2D eigenvalue weighted by atomic mass is 10.2. The van der Waals surface area contributed by atoms with Crippen LogP contribution in [0.3, 0.4) is 0 Å². The molecular weight excluding hydrogens is 470 g/mol. The number of nitrogens with one attached hydrogen (secondary N) is 1. The number of nitrogens with zero attached hydrogens (tertiary/aromatic N) is 4. The van der Waals surface area contributed by atoms with Crippen molar-refractivity contribution < 1.29 is 13.2 Å². The molecule has 0 aromatic heterocycles. The summed E-state index contributed by atoms with van der Waals surface area (Å²) in [5, 5.41) is 3.27. The summed E-state index contributed by atoms with van der Waals surface area (Å²) < 4.78 is 38.6. The van der Waals surface area contributed by atoms with E-state index in [-0.39, 0.29) is 24.0 Å². The topological polar surface area (TPSA) is 34.1 Å². The highest BCUT2D eigenvalue weighted by molar-refractivity contribution is 14.0. The number of unbranched alkanes of at least 4 members (excludes halogenated alkanes) is 1. The summed E-state index contributed by atoms with van der Waals surface area (Å²) in [5.74, 6) is 0.823. The summed E-state index contributed by atoms with van der Waals surface area (Å²) in [5.41, 5.74) is 0. The van der Waals surface area contributed by atoms with Gasteiger partial charge >= 0.3 is 6.18 Å². The SMILES string of the molecule is CCNC(=NCCCCN(C)C(C)C)N1CCN(C(C)C(F)(F)F)CC1.I. The quantitative estimate of drug-likeness (QED) is 0.237. The monoisotopic (exact) mass is 507 g/mol. The van der Waals surface area contributed by atoms with Gasteiger partial charge in [-0.15, -0.1) is 24.0 Å². The molecular formula is C18H37F3IN5. The first kappa shape index (κ1) is 26.7. The third kappa shape index (κ3) is 9.65. The van der Waals surface area contributed by atoms with Crippen molar-refractivity contribution in [2.24, 2.45) is 4.99 Å². The second-order valence-electron chi connectivity index (χ2n) is 7.26. The zero-order valence-corrected chi connectivity index (χ0v) is 19.7. The maximum atomic E-state index is 12.9. The van der Waals surface area contributed by atoms with Crippen LogP contribution in [-0.4, -0.2) is 91.8 Å². The van der Waals surface area contributed by atoms with Gasteiger partial charge in [0, 0.05) is 45.3 Å². The van der Waals surface area contributed by atoms with Crippen molar-refractivity contribution in [1.82, 2.24) is 20.0 Å². The van der Waals surface area contributed by atoms with Crippen LogP contribution >= 0.6 is 24.0 Å². The highest BCUT2D eigenvalue weighted by Gasteiger charge is 2.41. The van der Waals surface area contributed by atoms with Crippen LogP contribution in [0.5, 0.6) is 0 Å². The first-order chi connectivity index (χ1) is 12.2. The summed E-state index contributed by atoms with van der Waals surface area (Å²) in [6.07, 6.45) is -2.06. The standard InChI is InChI=1S/C18H36F3N5.HI/c1-6-22-17(23-9-7-8-10-24(5)15(2)3)26-13-11-25(12-14-26)16(4)18(19,20)21;/h15-16H,6-14H2,1-5H3,(H,22,23);1H. The molecule has 162 valence electrons. The largest absolute Gasteiger partial charge is 0.403 e. The molecule has 1 rings (SSSR count). The van der Waals surface area contributed by atoms with Gasteiger partial charge in [-0.3, -0.25) is 9.89 Å². The average Bonchev–Trinajstić information content (AvgIpc) is 2.59. The van der Waals surface area contributed by atoms with E-state index in [4.69, 9.17) is 0 Å². The van der Waals surface area contributed by atoms with Crippen molar-refractivity contribution in [3.8, 4) is 0 Å². The van der Waals surface area contributed by atoms with E-state index in [1.165, 1.54) is 11.8 Å². The Hall–Kier alpha value is -0.290. The molecule has 0 bridgehead atoms. The summed E-state index contributed by atoms with van der Waals surface area (Å²) in [6.45, 7) is 12.1. The van der Waals surface area contributed by atoms with Gasteiger partial charge < -0.3 is 15.1 Å². The smallest absolute Gasteiger partial charge is 0.357 e. The van der Waals surface area contributed by atoms with Crippen molar-refractivity contribution >= 4 is 29.9 Å².